The number of nitrogens with zero attached hydrogens (tertiary/aromatic N) is 3. The second kappa shape index (κ2) is 6.78. The van der Waals surface area contributed by atoms with E-state index in [1.54, 1.807) is 6.20 Å². The van der Waals surface area contributed by atoms with E-state index in [0.717, 1.165) is 35.4 Å². The minimum Gasteiger partial charge on any atom is -0.486 e. The Morgan fingerprint density at radius 1 is 1.38 bits per heavy atom. The molecule has 2 aromatic heterocycles. The molecule has 1 aromatic carbocycles. The van der Waals surface area contributed by atoms with E-state index in [9.17, 15) is 4.79 Å². The second-order valence-electron chi connectivity index (χ2n) is 6.69. The van der Waals surface area contributed by atoms with E-state index in [4.69, 9.17) is 15.5 Å². The molecule has 2 N–H and O–H groups in total. The molecular weight excluding hydrogens is 328 g/mol. The van der Waals surface area contributed by atoms with Crippen molar-refractivity contribution in [2.24, 2.45) is 0 Å². The lowest BCUT2D eigenvalue weighted by Crippen LogP contribution is -2.12. The highest BCUT2D eigenvalue weighted by Gasteiger charge is 2.26. The second-order valence-corrected chi connectivity index (χ2v) is 6.69. The smallest absolute Gasteiger partial charge is 0.169 e. The standard InChI is InChI=1S/C20H22N4O2/c1-2-15(25)12-26-16-8-4-7-14(11-16)17-18-19(21)22-9-10-24(18)20(23-17)13-5-3-6-13/h4,7-11,13H,2-3,5-6,12H2,1H3,(H2,21,22). The highest BCUT2D eigenvalue weighted by molar-refractivity contribution is 5.86. The number of imidazole rings is 1. The molecule has 26 heavy (non-hydrogen) atoms. The number of ether oxygens (including phenoxy) is 1. The quantitative estimate of drug-likeness (QED) is 0.734. The van der Waals surface area contributed by atoms with Crippen LogP contribution in [0.4, 0.5) is 5.82 Å². The van der Waals surface area contributed by atoms with Gasteiger partial charge in [-0.25, -0.2) is 9.97 Å². The van der Waals surface area contributed by atoms with Gasteiger partial charge in [-0.2, -0.15) is 0 Å². The lowest BCUT2D eigenvalue weighted by molar-refractivity contribution is -0.120. The predicted octanol–water partition coefficient (Wildman–Crippen LogP) is 3.60. The van der Waals surface area contributed by atoms with Gasteiger partial charge < -0.3 is 10.5 Å². The molecule has 6 heteroatoms. The summed E-state index contributed by atoms with van der Waals surface area (Å²) in [7, 11) is 0. The number of carbonyl (C=O) groups is 1. The zero-order chi connectivity index (χ0) is 18.1. The number of ketones is 1. The van der Waals surface area contributed by atoms with E-state index in [0.29, 0.717) is 23.9 Å². The third kappa shape index (κ3) is 2.92. The summed E-state index contributed by atoms with van der Waals surface area (Å²) < 4.78 is 7.68. The van der Waals surface area contributed by atoms with E-state index in [1.807, 2.05) is 37.4 Å². The van der Waals surface area contributed by atoms with Crippen LogP contribution in [0, 0.1) is 0 Å². The van der Waals surface area contributed by atoms with Crippen LogP contribution >= 0.6 is 0 Å². The Kier molecular flexibility index (Phi) is 4.32. The summed E-state index contributed by atoms with van der Waals surface area (Å²) in [6.07, 6.45) is 7.66. The molecule has 1 saturated carbocycles. The van der Waals surface area contributed by atoms with Gasteiger partial charge in [-0.3, -0.25) is 9.20 Å². The van der Waals surface area contributed by atoms with Gasteiger partial charge in [-0.05, 0) is 25.0 Å². The van der Waals surface area contributed by atoms with Gasteiger partial charge in [0.1, 0.15) is 35.2 Å². The summed E-state index contributed by atoms with van der Waals surface area (Å²) in [5, 5.41) is 0. The fourth-order valence-electron chi connectivity index (χ4n) is 3.24. The molecule has 0 bridgehead atoms. The van der Waals surface area contributed by atoms with Gasteiger partial charge in [0.15, 0.2) is 5.78 Å². The highest BCUT2D eigenvalue weighted by Crippen LogP contribution is 2.39. The third-order valence-electron chi connectivity index (χ3n) is 4.98. The van der Waals surface area contributed by atoms with Gasteiger partial charge >= 0.3 is 0 Å². The fraction of sp³-hybridized carbons (Fsp3) is 0.350. The van der Waals surface area contributed by atoms with Gasteiger partial charge in [0.05, 0.1) is 0 Å². The van der Waals surface area contributed by atoms with E-state index < -0.39 is 0 Å². The third-order valence-corrected chi connectivity index (χ3v) is 4.98. The Balaban J connectivity index is 1.76. The van der Waals surface area contributed by atoms with Crippen molar-refractivity contribution in [3.05, 3.63) is 42.5 Å². The molecule has 6 nitrogen and oxygen atoms in total. The first-order valence-corrected chi connectivity index (χ1v) is 9.04. The van der Waals surface area contributed by atoms with Crippen LogP contribution in [-0.2, 0) is 4.79 Å². The summed E-state index contributed by atoms with van der Waals surface area (Å²) >= 11 is 0. The molecule has 0 atom stereocenters. The van der Waals surface area contributed by atoms with Crippen molar-refractivity contribution in [1.82, 2.24) is 14.4 Å². The van der Waals surface area contributed by atoms with Crippen LogP contribution in [0.5, 0.6) is 5.75 Å². The van der Waals surface area contributed by atoms with Gasteiger partial charge in [-0.15, -0.1) is 0 Å². The normalized spacial score (nSPS) is 14.3. The summed E-state index contributed by atoms with van der Waals surface area (Å²) in [5.74, 6) is 2.71. The Hall–Kier alpha value is -2.89. The van der Waals surface area contributed by atoms with Crippen LogP contribution in [0.3, 0.4) is 0 Å². The monoisotopic (exact) mass is 350 g/mol. The Morgan fingerprint density at radius 2 is 2.23 bits per heavy atom. The molecule has 0 unspecified atom stereocenters. The van der Waals surface area contributed by atoms with Crippen LogP contribution in [0.1, 0.15) is 44.3 Å². The SMILES string of the molecule is CCC(=O)COc1cccc(-c2nc(C3CCC3)n3ccnc(N)c23)c1. The largest absolute Gasteiger partial charge is 0.486 e. The first kappa shape index (κ1) is 16.6. The number of nitrogen functional groups attached to an aromatic ring is 1. The molecule has 1 aliphatic carbocycles. The molecule has 0 radical (unpaired) electrons. The van der Waals surface area contributed by atoms with Crippen molar-refractivity contribution < 1.29 is 9.53 Å². The van der Waals surface area contributed by atoms with Crippen LogP contribution in [0.25, 0.3) is 16.8 Å². The maximum Gasteiger partial charge on any atom is 0.169 e. The van der Waals surface area contributed by atoms with Gasteiger partial charge in [0.25, 0.3) is 0 Å². The maximum atomic E-state index is 11.5. The maximum absolute atomic E-state index is 11.5. The van der Waals surface area contributed by atoms with Gasteiger partial charge in [0, 0.05) is 30.3 Å². The summed E-state index contributed by atoms with van der Waals surface area (Å²) in [5.41, 5.74) is 8.73. The van der Waals surface area contributed by atoms with E-state index in [1.165, 1.54) is 6.42 Å². The average Bonchev–Trinajstić information content (AvgIpc) is 2.99. The number of carbonyl (C=O) groups excluding carboxylic acids is 1. The number of Topliss-reactive ketones (excluding diaryl/α,β-unsaturated/α-hetero) is 1. The molecule has 0 spiro atoms. The number of hydrogen-bond donors (Lipinski definition) is 1. The van der Waals surface area contributed by atoms with Gasteiger partial charge in [0.2, 0.25) is 0 Å². The fourth-order valence-corrected chi connectivity index (χ4v) is 3.24. The van der Waals surface area contributed by atoms with Crippen molar-refractivity contribution >= 4 is 17.1 Å². The molecule has 134 valence electrons. The predicted molar refractivity (Wildman–Crippen MR) is 100 cm³/mol. The summed E-state index contributed by atoms with van der Waals surface area (Å²) in [6.45, 7) is 1.91. The first-order chi connectivity index (χ1) is 12.7. The van der Waals surface area contributed by atoms with E-state index in [-0.39, 0.29) is 12.4 Å². The molecule has 1 aliphatic rings. The Morgan fingerprint density at radius 3 is 2.96 bits per heavy atom. The number of benzene rings is 1. The average molecular weight is 350 g/mol. The van der Waals surface area contributed by atoms with Crippen molar-refractivity contribution in [2.45, 2.75) is 38.5 Å². The number of rotatable bonds is 6. The Labute approximate surface area is 152 Å². The lowest BCUT2D eigenvalue weighted by Gasteiger charge is -2.23. The van der Waals surface area contributed by atoms with E-state index in [2.05, 4.69) is 9.38 Å². The first-order valence-electron chi connectivity index (χ1n) is 9.04. The lowest BCUT2D eigenvalue weighted by atomic mass is 9.85. The number of anilines is 1. The zero-order valence-corrected chi connectivity index (χ0v) is 14.8. The van der Waals surface area contributed by atoms with Crippen molar-refractivity contribution in [2.75, 3.05) is 12.3 Å². The summed E-state index contributed by atoms with van der Waals surface area (Å²) in [6, 6.07) is 7.64. The minimum absolute atomic E-state index is 0.0727. The van der Waals surface area contributed by atoms with Crippen LogP contribution in [-0.4, -0.2) is 26.8 Å². The molecular formula is C20H22N4O2. The Bertz CT molecular complexity index is 960. The molecule has 1 fully saturated rings. The summed E-state index contributed by atoms with van der Waals surface area (Å²) in [4.78, 5) is 20.7. The molecule has 3 aromatic rings. The number of hydrogen-bond acceptors (Lipinski definition) is 5. The number of aromatic nitrogens is 3. The minimum atomic E-state index is 0.0727. The van der Waals surface area contributed by atoms with Crippen LogP contribution in [0.15, 0.2) is 36.7 Å². The molecule has 4 rings (SSSR count). The van der Waals surface area contributed by atoms with E-state index >= 15 is 0 Å². The highest BCUT2D eigenvalue weighted by atomic mass is 16.5. The molecule has 0 aliphatic heterocycles. The van der Waals surface area contributed by atoms with Crippen molar-refractivity contribution in [3.8, 4) is 17.0 Å². The molecule has 0 saturated heterocycles. The van der Waals surface area contributed by atoms with Gasteiger partial charge in [-0.1, -0.05) is 25.5 Å². The van der Waals surface area contributed by atoms with Crippen LogP contribution in [0.2, 0.25) is 0 Å². The topological polar surface area (TPSA) is 82.5 Å². The number of nitrogens with two attached hydrogens (primary N) is 1. The number of fused-ring (bicyclic) bond motifs is 1. The zero-order valence-electron chi connectivity index (χ0n) is 14.8. The van der Waals surface area contributed by atoms with Crippen LogP contribution < -0.4 is 10.5 Å². The van der Waals surface area contributed by atoms with Crippen molar-refractivity contribution in [1.29, 1.82) is 0 Å². The molecule has 0 amide bonds. The van der Waals surface area contributed by atoms with Crippen molar-refractivity contribution in [3.63, 3.8) is 0 Å². The molecule has 2 heterocycles.